The highest BCUT2D eigenvalue weighted by atomic mass is 16.6. The number of rotatable bonds is 8. The van der Waals surface area contributed by atoms with Crippen molar-refractivity contribution in [3.05, 3.63) is 81.5 Å². The summed E-state index contributed by atoms with van der Waals surface area (Å²) in [7, 11) is 0. The summed E-state index contributed by atoms with van der Waals surface area (Å²) < 4.78 is 0. The largest absolute Gasteiger partial charge is 0.480 e. The number of non-ortho nitro benzene ring substituents is 1. The number of benzene rings is 2. The Morgan fingerprint density at radius 1 is 1.14 bits per heavy atom. The van der Waals surface area contributed by atoms with E-state index in [9.17, 15) is 24.5 Å². The number of carbonyl (C=O) groups is 3. The number of nitro benzene ring substituents is 1. The second-order valence-corrected chi connectivity index (χ2v) is 6.00. The Balaban J connectivity index is 2.37. The van der Waals surface area contributed by atoms with E-state index in [2.05, 4.69) is 10.6 Å². The average molecular weight is 397 g/mol. The van der Waals surface area contributed by atoms with Crippen molar-refractivity contribution in [2.75, 3.05) is 0 Å². The van der Waals surface area contributed by atoms with Crippen molar-refractivity contribution in [3.8, 4) is 0 Å². The van der Waals surface area contributed by atoms with Crippen LogP contribution in [0.3, 0.4) is 0 Å². The zero-order chi connectivity index (χ0) is 21.4. The molecule has 2 aromatic rings. The number of nitrogens with zero attached hydrogens (tertiary/aromatic N) is 1. The second-order valence-electron chi connectivity index (χ2n) is 6.00. The number of amides is 2. The van der Waals surface area contributed by atoms with Crippen LogP contribution < -0.4 is 10.6 Å². The molecule has 3 N–H and O–H groups in total. The number of carboxylic acid groups (broad SMARTS) is 1. The summed E-state index contributed by atoms with van der Waals surface area (Å²) >= 11 is 0. The number of hydrogen-bond acceptors (Lipinski definition) is 5. The molecule has 2 amide bonds. The van der Waals surface area contributed by atoms with Crippen LogP contribution in [0.2, 0.25) is 0 Å². The Kier molecular flexibility index (Phi) is 7.19. The van der Waals surface area contributed by atoms with E-state index in [1.165, 1.54) is 30.3 Å². The molecular weight excluding hydrogens is 378 g/mol. The lowest BCUT2D eigenvalue weighted by molar-refractivity contribution is -0.384. The fraction of sp³-hybridized carbons (Fsp3) is 0.150. The lowest BCUT2D eigenvalue weighted by Gasteiger charge is -2.15. The summed E-state index contributed by atoms with van der Waals surface area (Å²) in [5, 5.41) is 24.9. The third kappa shape index (κ3) is 5.99. The van der Waals surface area contributed by atoms with Crippen molar-refractivity contribution in [1.29, 1.82) is 0 Å². The van der Waals surface area contributed by atoms with E-state index in [0.717, 1.165) is 0 Å². The van der Waals surface area contributed by atoms with Gasteiger partial charge in [0.2, 0.25) is 0 Å². The van der Waals surface area contributed by atoms with Crippen LogP contribution in [0.15, 0.2) is 60.3 Å². The van der Waals surface area contributed by atoms with Crippen LogP contribution >= 0.6 is 0 Å². The molecule has 0 fully saturated rings. The van der Waals surface area contributed by atoms with Gasteiger partial charge in [-0.1, -0.05) is 37.3 Å². The Hall–Kier alpha value is -4.01. The smallest absolute Gasteiger partial charge is 0.326 e. The molecule has 0 aliphatic heterocycles. The van der Waals surface area contributed by atoms with Crippen molar-refractivity contribution in [3.63, 3.8) is 0 Å². The monoisotopic (exact) mass is 397 g/mol. The molecule has 0 saturated carbocycles. The molecule has 0 aliphatic carbocycles. The van der Waals surface area contributed by atoms with Crippen molar-refractivity contribution in [2.45, 2.75) is 19.4 Å². The van der Waals surface area contributed by atoms with E-state index in [1.807, 2.05) is 0 Å². The van der Waals surface area contributed by atoms with E-state index in [-0.39, 0.29) is 23.4 Å². The first-order valence-corrected chi connectivity index (χ1v) is 8.68. The summed E-state index contributed by atoms with van der Waals surface area (Å²) in [5.41, 5.74) is 0.153. The van der Waals surface area contributed by atoms with Crippen LogP contribution in [0.4, 0.5) is 5.69 Å². The molecule has 1 unspecified atom stereocenters. The third-order valence-electron chi connectivity index (χ3n) is 3.93. The number of carbonyl (C=O) groups excluding carboxylic acids is 2. The van der Waals surface area contributed by atoms with Crippen LogP contribution in [-0.2, 0) is 9.59 Å². The van der Waals surface area contributed by atoms with Gasteiger partial charge in [-0.2, -0.15) is 0 Å². The van der Waals surface area contributed by atoms with Crippen LogP contribution in [0, 0.1) is 10.1 Å². The number of hydrogen-bond donors (Lipinski definition) is 3. The average Bonchev–Trinajstić information content (AvgIpc) is 2.71. The quantitative estimate of drug-likeness (QED) is 0.355. The number of nitrogens with one attached hydrogen (secondary N) is 2. The molecule has 9 nitrogen and oxygen atoms in total. The van der Waals surface area contributed by atoms with E-state index >= 15 is 0 Å². The predicted octanol–water partition coefficient (Wildman–Crippen LogP) is 2.35. The topological polar surface area (TPSA) is 139 Å². The molecule has 1 atom stereocenters. The third-order valence-corrected chi connectivity index (χ3v) is 3.93. The Bertz CT molecular complexity index is 956. The standard InChI is InChI=1S/C20H19N3O6/c1-2-16(20(26)27)21-19(25)17(22-18(24)14-8-4-3-5-9-14)12-13-7-6-10-15(11-13)23(28)29/h3-12,16H,2H2,1H3,(H,21,25)(H,22,24)(H,26,27)/b17-12-. The molecule has 9 heteroatoms. The molecular formula is C20H19N3O6. The van der Waals surface area contributed by atoms with Crippen molar-refractivity contribution in [2.24, 2.45) is 0 Å². The van der Waals surface area contributed by atoms with Crippen molar-refractivity contribution >= 4 is 29.5 Å². The zero-order valence-electron chi connectivity index (χ0n) is 15.5. The molecule has 0 saturated heterocycles. The highest BCUT2D eigenvalue weighted by Crippen LogP contribution is 2.16. The van der Waals surface area contributed by atoms with Gasteiger partial charge in [0, 0.05) is 17.7 Å². The Morgan fingerprint density at radius 2 is 1.83 bits per heavy atom. The maximum atomic E-state index is 12.6. The fourth-order valence-corrected chi connectivity index (χ4v) is 2.41. The minimum atomic E-state index is -1.22. The number of carboxylic acids is 1. The van der Waals surface area contributed by atoms with E-state index in [0.29, 0.717) is 5.56 Å². The molecule has 0 heterocycles. The van der Waals surface area contributed by atoms with E-state index < -0.39 is 28.7 Å². The van der Waals surface area contributed by atoms with Gasteiger partial charge >= 0.3 is 5.97 Å². The Labute approximate surface area is 166 Å². The summed E-state index contributed by atoms with van der Waals surface area (Å²) in [4.78, 5) is 46.7. The molecule has 2 rings (SSSR count). The summed E-state index contributed by atoms with van der Waals surface area (Å²) in [6.07, 6.45) is 1.38. The number of nitro groups is 1. The van der Waals surface area contributed by atoms with Crippen LogP contribution in [0.25, 0.3) is 6.08 Å². The van der Waals surface area contributed by atoms with Crippen molar-refractivity contribution in [1.82, 2.24) is 10.6 Å². The molecule has 150 valence electrons. The van der Waals surface area contributed by atoms with Gasteiger partial charge in [0.05, 0.1) is 4.92 Å². The summed E-state index contributed by atoms with van der Waals surface area (Å²) in [5.74, 6) is -2.62. The van der Waals surface area contributed by atoms with Gasteiger partial charge in [0.1, 0.15) is 11.7 Å². The molecule has 0 aromatic heterocycles. The van der Waals surface area contributed by atoms with Gasteiger partial charge in [0.25, 0.3) is 17.5 Å². The van der Waals surface area contributed by atoms with Crippen LogP contribution in [0.1, 0.15) is 29.3 Å². The number of aliphatic carboxylic acids is 1. The highest BCUT2D eigenvalue weighted by molar-refractivity contribution is 6.06. The lowest BCUT2D eigenvalue weighted by Crippen LogP contribution is -2.44. The molecule has 0 bridgehead atoms. The van der Waals surface area contributed by atoms with Gasteiger partial charge in [-0.25, -0.2) is 4.79 Å². The first-order valence-electron chi connectivity index (χ1n) is 8.68. The maximum absolute atomic E-state index is 12.6. The molecule has 0 radical (unpaired) electrons. The molecule has 0 spiro atoms. The molecule has 29 heavy (non-hydrogen) atoms. The van der Waals surface area contributed by atoms with Gasteiger partial charge < -0.3 is 15.7 Å². The van der Waals surface area contributed by atoms with Gasteiger partial charge in [0.15, 0.2) is 0 Å². The summed E-state index contributed by atoms with van der Waals surface area (Å²) in [6.45, 7) is 1.59. The minimum Gasteiger partial charge on any atom is -0.480 e. The molecule has 0 aliphatic rings. The zero-order valence-corrected chi connectivity index (χ0v) is 15.5. The van der Waals surface area contributed by atoms with E-state index in [1.54, 1.807) is 37.3 Å². The first-order chi connectivity index (χ1) is 13.8. The van der Waals surface area contributed by atoms with Gasteiger partial charge in [-0.05, 0) is 30.2 Å². The lowest BCUT2D eigenvalue weighted by atomic mass is 10.1. The van der Waals surface area contributed by atoms with E-state index in [4.69, 9.17) is 5.11 Å². The summed E-state index contributed by atoms with van der Waals surface area (Å²) in [6, 6.07) is 12.4. The van der Waals surface area contributed by atoms with Crippen LogP contribution in [0.5, 0.6) is 0 Å². The SMILES string of the molecule is CCC(NC(=O)/C(=C/c1cccc([N+](=O)[O-])c1)NC(=O)c1ccccc1)C(=O)O. The molecule has 2 aromatic carbocycles. The predicted molar refractivity (Wildman–Crippen MR) is 105 cm³/mol. The Morgan fingerprint density at radius 3 is 2.41 bits per heavy atom. The van der Waals surface area contributed by atoms with Crippen LogP contribution in [-0.4, -0.2) is 33.9 Å². The maximum Gasteiger partial charge on any atom is 0.326 e. The normalized spacial score (nSPS) is 12.0. The van der Waals surface area contributed by atoms with Gasteiger partial charge in [-0.3, -0.25) is 19.7 Å². The first kappa shape index (κ1) is 21.3. The fourth-order valence-electron chi connectivity index (χ4n) is 2.41. The van der Waals surface area contributed by atoms with Gasteiger partial charge in [-0.15, -0.1) is 0 Å². The second kappa shape index (κ2) is 9.79. The van der Waals surface area contributed by atoms with Crippen molar-refractivity contribution < 1.29 is 24.4 Å². The highest BCUT2D eigenvalue weighted by Gasteiger charge is 2.22. The minimum absolute atomic E-state index is 0.137.